The SMILES string of the molecule is CCCC(CBr)CC(=O)O. The summed E-state index contributed by atoms with van der Waals surface area (Å²) in [6.07, 6.45) is 2.35. The third-order valence-corrected chi connectivity index (χ3v) is 2.29. The molecular weight excluding hydrogens is 196 g/mol. The maximum absolute atomic E-state index is 10.2. The molecule has 10 heavy (non-hydrogen) atoms. The number of rotatable bonds is 5. The first kappa shape index (κ1) is 9.95. The van der Waals surface area contributed by atoms with Gasteiger partial charge >= 0.3 is 5.97 Å². The van der Waals surface area contributed by atoms with Gasteiger partial charge in [-0.1, -0.05) is 29.3 Å². The summed E-state index contributed by atoms with van der Waals surface area (Å²) in [5.41, 5.74) is 0. The summed E-state index contributed by atoms with van der Waals surface area (Å²) in [5, 5.41) is 9.22. The van der Waals surface area contributed by atoms with Gasteiger partial charge in [0, 0.05) is 11.8 Å². The number of carbonyl (C=O) groups is 1. The molecule has 0 spiro atoms. The number of aliphatic carboxylic acids is 1. The van der Waals surface area contributed by atoms with Crippen LogP contribution in [0.1, 0.15) is 26.2 Å². The van der Waals surface area contributed by atoms with Crippen molar-refractivity contribution >= 4 is 21.9 Å². The number of carboxylic acid groups (broad SMARTS) is 1. The molecule has 1 N–H and O–H groups in total. The topological polar surface area (TPSA) is 37.3 Å². The number of hydrogen-bond donors (Lipinski definition) is 1. The Morgan fingerprint density at radius 3 is 2.60 bits per heavy atom. The van der Waals surface area contributed by atoms with Gasteiger partial charge in [-0.05, 0) is 12.3 Å². The molecule has 0 saturated heterocycles. The summed E-state index contributed by atoms with van der Waals surface area (Å²) in [5.74, 6) is -0.389. The standard InChI is InChI=1S/C7H13BrO2/c1-2-3-6(5-8)4-7(9)10/h6H,2-5H2,1H3,(H,9,10). The lowest BCUT2D eigenvalue weighted by Gasteiger charge is -2.07. The molecule has 0 rings (SSSR count). The molecule has 60 valence electrons. The highest BCUT2D eigenvalue weighted by atomic mass is 79.9. The Balaban J connectivity index is 3.49. The van der Waals surface area contributed by atoms with Crippen molar-refractivity contribution in [3.05, 3.63) is 0 Å². The molecule has 1 unspecified atom stereocenters. The van der Waals surface area contributed by atoms with Gasteiger partial charge in [0.2, 0.25) is 0 Å². The van der Waals surface area contributed by atoms with Crippen LogP contribution >= 0.6 is 15.9 Å². The molecular formula is C7H13BrO2. The molecule has 3 heteroatoms. The first-order valence-electron chi connectivity index (χ1n) is 3.48. The third-order valence-electron chi connectivity index (χ3n) is 1.38. The molecule has 0 aliphatic rings. The third kappa shape index (κ3) is 4.79. The second-order valence-corrected chi connectivity index (χ2v) is 3.05. The van der Waals surface area contributed by atoms with Crippen molar-refractivity contribution in [2.24, 2.45) is 5.92 Å². The van der Waals surface area contributed by atoms with Gasteiger partial charge in [-0.3, -0.25) is 4.79 Å². The summed E-state index contributed by atoms with van der Waals surface area (Å²) in [6.45, 7) is 2.07. The molecule has 0 amide bonds. The highest BCUT2D eigenvalue weighted by Crippen LogP contribution is 2.13. The Labute approximate surface area is 69.8 Å². The van der Waals surface area contributed by atoms with Crippen molar-refractivity contribution in [2.45, 2.75) is 26.2 Å². The Kier molecular flexibility index (Phi) is 5.69. The van der Waals surface area contributed by atoms with Gasteiger partial charge in [0.25, 0.3) is 0 Å². The van der Waals surface area contributed by atoms with Gasteiger partial charge in [0.05, 0.1) is 0 Å². The summed E-state index contributed by atoms with van der Waals surface area (Å²) >= 11 is 3.28. The van der Waals surface area contributed by atoms with Gasteiger partial charge in [-0.2, -0.15) is 0 Å². The monoisotopic (exact) mass is 208 g/mol. The fourth-order valence-corrected chi connectivity index (χ4v) is 1.44. The van der Waals surface area contributed by atoms with Crippen LogP contribution in [0.5, 0.6) is 0 Å². The van der Waals surface area contributed by atoms with E-state index < -0.39 is 5.97 Å². The zero-order valence-corrected chi connectivity index (χ0v) is 7.73. The van der Waals surface area contributed by atoms with E-state index in [0.717, 1.165) is 18.2 Å². The maximum atomic E-state index is 10.2. The van der Waals surface area contributed by atoms with E-state index in [9.17, 15) is 4.79 Å². The fourth-order valence-electron chi connectivity index (χ4n) is 0.889. The molecule has 0 bridgehead atoms. The van der Waals surface area contributed by atoms with E-state index in [2.05, 4.69) is 22.9 Å². The highest BCUT2D eigenvalue weighted by Gasteiger charge is 2.09. The maximum Gasteiger partial charge on any atom is 0.303 e. The predicted molar refractivity (Wildman–Crippen MR) is 44.4 cm³/mol. The van der Waals surface area contributed by atoms with Crippen LogP contribution in [0, 0.1) is 5.92 Å². The Bertz CT molecular complexity index is 104. The van der Waals surface area contributed by atoms with Crippen LogP contribution in [0.3, 0.4) is 0 Å². The summed E-state index contributed by atoms with van der Waals surface area (Å²) in [7, 11) is 0. The lowest BCUT2D eigenvalue weighted by molar-refractivity contribution is -0.137. The largest absolute Gasteiger partial charge is 0.481 e. The van der Waals surface area contributed by atoms with E-state index in [1.807, 2.05) is 0 Å². The minimum Gasteiger partial charge on any atom is -0.481 e. The smallest absolute Gasteiger partial charge is 0.303 e. The molecule has 2 nitrogen and oxygen atoms in total. The van der Waals surface area contributed by atoms with Crippen LogP contribution in [-0.4, -0.2) is 16.4 Å². The average molecular weight is 209 g/mol. The summed E-state index contributed by atoms with van der Waals surface area (Å²) in [6, 6.07) is 0. The molecule has 0 aromatic rings. The molecule has 0 aromatic carbocycles. The van der Waals surface area contributed by atoms with Crippen LogP contribution in [0.25, 0.3) is 0 Å². The first-order chi connectivity index (χ1) is 4.70. The quantitative estimate of drug-likeness (QED) is 0.705. The number of alkyl halides is 1. The van der Waals surface area contributed by atoms with Crippen molar-refractivity contribution in [1.82, 2.24) is 0 Å². The second kappa shape index (κ2) is 5.71. The highest BCUT2D eigenvalue weighted by molar-refractivity contribution is 9.09. The van der Waals surface area contributed by atoms with Crippen molar-refractivity contribution in [1.29, 1.82) is 0 Å². The zero-order chi connectivity index (χ0) is 7.98. The van der Waals surface area contributed by atoms with Gasteiger partial charge in [0.1, 0.15) is 0 Å². The molecule has 0 radical (unpaired) electrons. The van der Waals surface area contributed by atoms with Gasteiger partial charge in [-0.25, -0.2) is 0 Å². The van der Waals surface area contributed by atoms with E-state index in [0.29, 0.717) is 12.3 Å². The molecule has 0 fully saturated rings. The van der Waals surface area contributed by atoms with Gasteiger partial charge in [-0.15, -0.1) is 0 Å². The Hall–Kier alpha value is -0.0500. The van der Waals surface area contributed by atoms with Crippen molar-refractivity contribution < 1.29 is 9.90 Å². The second-order valence-electron chi connectivity index (χ2n) is 2.41. The zero-order valence-electron chi connectivity index (χ0n) is 6.14. The molecule has 0 aliphatic carbocycles. The molecule has 0 aromatic heterocycles. The van der Waals surface area contributed by atoms with Crippen molar-refractivity contribution in [3.63, 3.8) is 0 Å². The average Bonchev–Trinajstić information content (AvgIpc) is 1.86. The minimum atomic E-state index is -0.696. The number of hydrogen-bond acceptors (Lipinski definition) is 1. The number of halogens is 1. The van der Waals surface area contributed by atoms with Crippen LogP contribution in [-0.2, 0) is 4.79 Å². The molecule has 1 atom stereocenters. The molecule has 0 aliphatic heterocycles. The minimum absolute atomic E-state index is 0.291. The van der Waals surface area contributed by atoms with Crippen molar-refractivity contribution in [3.8, 4) is 0 Å². The van der Waals surface area contributed by atoms with Crippen LogP contribution in [0.4, 0.5) is 0 Å². The van der Waals surface area contributed by atoms with E-state index >= 15 is 0 Å². The molecule has 0 saturated carbocycles. The summed E-state index contributed by atoms with van der Waals surface area (Å²) < 4.78 is 0. The fraction of sp³-hybridized carbons (Fsp3) is 0.857. The molecule has 0 heterocycles. The van der Waals surface area contributed by atoms with E-state index in [4.69, 9.17) is 5.11 Å². The Morgan fingerprint density at radius 2 is 2.30 bits per heavy atom. The van der Waals surface area contributed by atoms with Gasteiger partial charge in [0.15, 0.2) is 0 Å². The van der Waals surface area contributed by atoms with E-state index in [-0.39, 0.29) is 0 Å². The van der Waals surface area contributed by atoms with Crippen LogP contribution < -0.4 is 0 Å². The Morgan fingerprint density at radius 1 is 1.70 bits per heavy atom. The lowest BCUT2D eigenvalue weighted by Crippen LogP contribution is -2.08. The van der Waals surface area contributed by atoms with E-state index in [1.54, 1.807) is 0 Å². The van der Waals surface area contributed by atoms with Crippen LogP contribution in [0.15, 0.2) is 0 Å². The predicted octanol–water partition coefficient (Wildman–Crippen LogP) is 2.27. The lowest BCUT2D eigenvalue weighted by atomic mass is 10.0. The normalized spacial score (nSPS) is 13.0. The number of carboxylic acids is 1. The van der Waals surface area contributed by atoms with E-state index in [1.165, 1.54) is 0 Å². The summed E-state index contributed by atoms with van der Waals surface area (Å²) in [4.78, 5) is 10.2. The van der Waals surface area contributed by atoms with Crippen molar-refractivity contribution in [2.75, 3.05) is 5.33 Å². The first-order valence-corrected chi connectivity index (χ1v) is 4.60. The van der Waals surface area contributed by atoms with Gasteiger partial charge < -0.3 is 5.11 Å². The van der Waals surface area contributed by atoms with Crippen LogP contribution in [0.2, 0.25) is 0 Å².